The minimum Gasteiger partial charge on any atom is -0.409 e. The molecule has 4 N–H and O–H groups in total. The van der Waals surface area contributed by atoms with Gasteiger partial charge in [0.1, 0.15) is 5.84 Å². The molecule has 1 aliphatic carbocycles. The number of ether oxygens (including phenoxy) is 1. The standard InChI is InChI=1S/C12H25N3O2/c13-12(15-16)7-4-8-14-9-10-17-11-5-2-1-3-6-11/h11,14,16H,1-10H2,(H2,13,15). The third-order valence-corrected chi connectivity index (χ3v) is 3.10. The van der Waals surface area contributed by atoms with Crippen molar-refractivity contribution in [3.63, 3.8) is 0 Å². The van der Waals surface area contributed by atoms with Gasteiger partial charge in [-0.15, -0.1) is 0 Å². The summed E-state index contributed by atoms with van der Waals surface area (Å²) >= 11 is 0. The van der Waals surface area contributed by atoms with E-state index in [1.54, 1.807) is 0 Å². The molecule has 0 unspecified atom stereocenters. The number of amidine groups is 1. The van der Waals surface area contributed by atoms with Gasteiger partial charge in [-0.3, -0.25) is 0 Å². The van der Waals surface area contributed by atoms with Crippen LogP contribution in [-0.4, -0.2) is 36.8 Å². The van der Waals surface area contributed by atoms with E-state index in [1.165, 1.54) is 32.1 Å². The molecular weight excluding hydrogens is 218 g/mol. The first-order valence-electron chi connectivity index (χ1n) is 6.61. The normalized spacial score (nSPS) is 18.5. The summed E-state index contributed by atoms with van der Waals surface area (Å²) in [6, 6.07) is 0. The lowest BCUT2D eigenvalue weighted by Crippen LogP contribution is -2.25. The van der Waals surface area contributed by atoms with E-state index in [2.05, 4.69) is 10.5 Å². The molecule has 0 aromatic rings. The lowest BCUT2D eigenvalue weighted by molar-refractivity contribution is 0.0304. The minimum absolute atomic E-state index is 0.297. The van der Waals surface area contributed by atoms with Gasteiger partial charge in [0.25, 0.3) is 0 Å². The Hall–Kier alpha value is -0.810. The second-order valence-corrected chi connectivity index (χ2v) is 4.58. The Kier molecular flexibility index (Phi) is 7.75. The lowest BCUT2D eigenvalue weighted by Gasteiger charge is -2.22. The highest BCUT2D eigenvalue weighted by Crippen LogP contribution is 2.19. The fraction of sp³-hybridized carbons (Fsp3) is 0.917. The summed E-state index contributed by atoms with van der Waals surface area (Å²) in [6.45, 7) is 2.55. The molecule has 1 fully saturated rings. The average Bonchev–Trinajstić information content (AvgIpc) is 2.38. The summed E-state index contributed by atoms with van der Waals surface area (Å²) in [7, 11) is 0. The fourth-order valence-electron chi connectivity index (χ4n) is 2.10. The molecule has 0 aliphatic heterocycles. The molecule has 100 valence electrons. The van der Waals surface area contributed by atoms with E-state index < -0.39 is 0 Å². The van der Waals surface area contributed by atoms with Crippen molar-refractivity contribution in [2.75, 3.05) is 19.7 Å². The SMILES string of the molecule is NC(CCCNCCOC1CCCCC1)=NO. The summed E-state index contributed by atoms with van der Waals surface area (Å²) < 4.78 is 5.78. The highest BCUT2D eigenvalue weighted by Gasteiger charge is 2.12. The largest absolute Gasteiger partial charge is 0.409 e. The summed E-state index contributed by atoms with van der Waals surface area (Å²) in [5.74, 6) is 0.297. The summed E-state index contributed by atoms with van der Waals surface area (Å²) in [4.78, 5) is 0. The van der Waals surface area contributed by atoms with Crippen LogP contribution in [0.1, 0.15) is 44.9 Å². The van der Waals surface area contributed by atoms with E-state index in [0.717, 1.165) is 26.1 Å². The first-order chi connectivity index (χ1) is 8.33. The van der Waals surface area contributed by atoms with E-state index in [9.17, 15) is 0 Å². The van der Waals surface area contributed by atoms with Crippen LogP contribution in [0.4, 0.5) is 0 Å². The maximum atomic E-state index is 8.34. The van der Waals surface area contributed by atoms with Crippen molar-refractivity contribution in [2.45, 2.75) is 51.0 Å². The van der Waals surface area contributed by atoms with Gasteiger partial charge in [-0.1, -0.05) is 24.4 Å². The third kappa shape index (κ3) is 7.18. The van der Waals surface area contributed by atoms with Crippen LogP contribution in [0, 0.1) is 0 Å². The van der Waals surface area contributed by atoms with Gasteiger partial charge >= 0.3 is 0 Å². The Bertz CT molecular complexity index is 216. The first-order valence-corrected chi connectivity index (χ1v) is 6.61. The van der Waals surface area contributed by atoms with Crippen LogP contribution in [0.2, 0.25) is 0 Å². The van der Waals surface area contributed by atoms with Gasteiger partial charge in [0.05, 0.1) is 12.7 Å². The Morgan fingerprint density at radius 2 is 2.06 bits per heavy atom. The molecule has 0 saturated heterocycles. The molecule has 5 heteroatoms. The number of hydrogen-bond donors (Lipinski definition) is 3. The fourth-order valence-corrected chi connectivity index (χ4v) is 2.10. The van der Waals surface area contributed by atoms with Crippen LogP contribution in [0.3, 0.4) is 0 Å². The highest BCUT2D eigenvalue weighted by atomic mass is 16.5. The lowest BCUT2D eigenvalue weighted by atomic mass is 9.98. The third-order valence-electron chi connectivity index (χ3n) is 3.10. The quantitative estimate of drug-likeness (QED) is 0.198. The maximum absolute atomic E-state index is 8.34. The monoisotopic (exact) mass is 243 g/mol. The van der Waals surface area contributed by atoms with Crippen LogP contribution in [-0.2, 0) is 4.74 Å². The second kappa shape index (κ2) is 9.24. The number of oxime groups is 1. The molecule has 0 aromatic carbocycles. The summed E-state index contributed by atoms with van der Waals surface area (Å²) in [6.07, 6.45) is 8.46. The molecule has 0 atom stereocenters. The van der Waals surface area contributed by atoms with E-state index in [1.807, 2.05) is 0 Å². The van der Waals surface area contributed by atoms with Gasteiger partial charge in [0, 0.05) is 13.0 Å². The number of nitrogens with two attached hydrogens (primary N) is 1. The molecule has 5 nitrogen and oxygen atoms in total. The summed E-state index contributed by atoms with van der Waals surface area (Å²) in [5.41, 5.74) is 5.36. The molecule has 17 heavy (non-hydrogen) atoms. The predicted molar refractivity (Wildman–Crippen MR) is 68.3 cm³/mol. The van der Waals surface area contributed by atoms with Crippen molar-refractivity contribution in [1.29, 1.82) is 0 Å². The first kappa shape index (κ1) is 14.3. The van der Waals surface area contributed by atoms with Crippen LogP contribution >= 0.6 is 0 Å². The van der Waals surface area contributed by atoms with Gasteiger partial charge in [-0.05, 0) is 25.8 Å². The minimum atomic E-state index is 0.297. The molecule has 0 heterocycles. The van der Waals surface area contributed by atoms with Crippen LogP contribution in [0.25, 0.3) is 0 Å². The number of nitrogens with zero attached hydrogens (tertiary/aromatic N) is 1. The molecule has 0 radical (unpaired) electrons. The van der Waals surface area contributed by atoms with E-state index >= 15 is 0 Å². The number of hydrogen-bond acceptors (Lipinski definition) is 4. The van der Waals surface area contributed by atoms with E-state index in [4.69, 9.17) is 15.7 Å². The molecule has 1 aliphatic rings. The van der Waals surface area contributed by atoms with Crippen LogP contribution < -0.4 is 11.1 Å². The van der Waals surface area contributed by atoms with Crippen molar-refractivity contribution in [3.05, 3.63) is 0 Å². The van der Waals surface area contributed by atoms with Gasteiger partial charge in [0.2, 0.25) is 0 Å². The maximum Gasteiger partial charge on any atom is 0.139 e. The van der Waals surface area contributed by atoms with E-state index in [0.29, 0.717) is 18.4 Å². The van der Waals surface area contributed by atoms with Crippen molar-refractivity contribution >= 4 is 5.84 Å². The Balaban J connectivity index is 1.84. The Labute approximate surface area is 103 Å². The molecule has 0 aromatic heterocycles. The smallest absolute Gasteiger partial charge is 0.139 e. The number of nitrogens with one attached hydrogen (secondary N) is 1. The Morgan fingerprint density at radius 3 is 2.76 bits per heavy atom. The van der Waals surface area contributed by atoms with Gasteiger partial charge in [0.15, 0.2) is 0 Å². The van der Waals surface area contributed by atoms with Gasteiger partial charge in [-0.2, -0.15) is 0 Å². The Morgan fingerprint density at radius 1 is 1.29 bits per heavy atom. The zero-order valence-electron chi connectivity index (χ0n) is 10.5. The molecule has 0 spiro atoms. The van der Waals surface area contributed by atoms with Crippen molar-refractivity contribution in [3.8, 4) is 0 Å². The predicted octanol–water partition coefficient (Wildman–Crippen LogP) is 1.45. The van der Waals surface area contributed by atoms with Crippen molar-refractivity contribution in [2.24, 2.45) is 10.9 Å². The van der Waals surface area contributed by atoms with E-state index in [-0.39, 0.29) is 0 Å². The molecule has 0 amide bonds. The van der Waals surface area contributed by atoms with Gasteiger partial charge in [-0.25, -0.2) is 0 Å². The molecule has 0 bridgehead atoms. The van der Waals surface area contributed by atoms with Gasteiger partial charge < -0.3 is 21.0 Å². The van der Waals surface area contributed by atoms with Crippen LogP contribution in [0.5, 0.6) is 0 Å². The number of rotatable bonds is 8. The topological polar surface area (TPSA) is 79.9 Å². The zero-order chi connectivity index (χ0) is 12.3. The summed E-state index contributed by atoms with van der Waals surface area (Å²) in [5, 5.41) is 14.6. The van der Waals surface area contributed by atoms with Crippen molar-refractivity contribution < 1.29 is 9.94 Å². The van der Waals surface area contributed by atoms with Crippen molar-refractivity contribution in [1.82, 2.24) is 5.32 Å². The van der Waals surface area contributed by atoms with Crippen LogP contribution in [0.15, 0.2) is 5.16 Å². The molecular formula is C12H25N3O2. The second-order valence-electron chi connectivity index (χ2n) is 4.58. The highest BCUT2D eigenvalue weighted by molar-refractivity contribution is 5.79. The molecule has 1 saturated carbocycles. The molecule has 1 rings (SSSR count). The average molecular weight is 243 g/mol. The zero-order valence-corrected chi connectivity index (χ0v) is 10.5.